The third-order valence-electron chi connectivity index (χ3n) is 4.63. The van der Waals surface area contributed by atoms with Crippen LogP contribution in [0.3, 0.4) is 0 Å². The molecule has 9 heteroatoms. The van der Waals surface area contributed by atoms with Gasteiger partial charge < -0.3 is 23.7 Å². The zero-order valence-electron chi connectivity index (χ0n) is 12.5. The number of fused-ring (bicyclic) bond motifs is 4. The lowest BCUT2D eigenvalue weighted by molar-refractivity contribution is -0.232. The number of rotatable bonds is 1. The standard InChI is InChI=1S/C14H16ClN5O3/c15-13-17-10(19-1-4-21-5-2-19)9-11(18-13)20-3-6-23-14(7-22-8-14)12(20)16-9/h1-8H2. The van der Waals surface area contributed by atoms with Crippen molar-refractivity contribution >= 4 is 28.6 Å². The third kappa shape index (κ3) is 1.99. The molecule has 0 aliphatic carbocycles. The first kappa shape index (κ1) is 13.9. The molecule has 8 nitrogen and oxygen atoms in total. The molecule has 3 aliphatic heterocycles. The Hall–Kier alpha value is -1.48. The number of anilines is 1. The quantitative estimate of drug-likeness (QED) is 0.704. The monoisotopic (exact) mass is 337 g/mol. The highest BCUT2D eigenvalue weighted by molar-refractivity contribution is 6.28. The van der Waals surface area contributed by atoms with Gasteiger partial charge in [-0.1, -0.05) is 0 Å². The summed E-state index contributed by atoms with van der Waals surface area (Å²) in [5.74, 6) is 1.65. The molecule has 23 heavy (non-hydrogen) atoms. The van der Waals surface area contributed by atoms with Crippen molar-refractivity contribution in [2.45, 2.75) is 12.1 Å². The number of morpholine rings is 1. The average Bonchev–Trinajstić information content (AvgIpc) is 2.92. The highest BCUT2D eigenvalue weighted by atomic mass is 35.5. The van der Waals surface area contributed by atoms with Crippen molar-refractivity contribution < 1.29 is 14.2 Å². The summed E-state index contributed by atoms with van der Waals surface area (Å²) >= 11 is 6.18. The van der Waals surface area contributed by atoms with Gasteiger partial charge in [0.1, 0.15) is 5.82 Å². The van der Waals surface area contributed by atoms with E-state index in [1.807, 2.05) is 0 Å². The van der Waals surface area contributed by atoms with Gasteiger partial charge >= 0.3 is 0 Å². The molecule has 2 aromatic rings. The van der Waals surface area contributed by atoms with Crippen LogP contribution < -0.4 is 4.90 Å². The lowest BCUT2D eigenvalue weighted by Gasteiger charge is -2.43. The highest BCUT2D eigenvalue weighted by Gasteiger charge is 2.48. The van der Waals surface area contributed by atoms with E-state index in [4.69, 9.17) is 30.8 Å². The van der Waals surface area contributed by atoms with E-state index in [0.29, 0.717) is 39.6 Å². The second-order valence-corrected chi connectivity index (χ2v) is 6.35. The first-order valence-electron chi connectivity index (χ1n) is 7.75. The largest absolute Gasteiger partial charge is 0.378 e. The number of hydrogen-bond donors (Lipinski definition) is 0. The summed E-state index contributed by atoms with van der Waals surface area (Å²) in [7, 11) is 0. The Morgan fingerprint density at radius 2 is 1.78 bits per heavy atom. The molecule has 0 radical (unpaired) electrons. The van der Waals surface area contributed by atoms with Gasteiger partial charge in [-0.15, -0.1) is 0 Å². The van der Waals surface area contributed by atoms with E-state index < -0.39 is 5.60 Å². The summed E-state index contributed by atoms with van der Waals surface area (Å²) in [6.07, 6.45) is 0. The van der Waals surface area contributed by atoms with Crippen LogP contribution in [0.2, 0.25) is 5.28 Å². The molecule has 2 saturated heterocycles. The number of nitrogens with zero attached hydrogens (tertiary/aromatic N) is 5. The van der Waals surface area contributed by atoms with E-state index in [0.717, 1.165) is 35.9 Å². The van der Waals surface area contributed by atoms with Gasteiger partial charge in [-0.3, -0.25) is 0 Å². The molecule has 2 fully saturated rings. The minimum atomic E-state index is -0.437. The SMILES string of the molecule is Clc1nc(N2CCOCC2)c2nc3n(c2n1)CCOC31COC1. The van der Waals surface area contributed by atoms with Crippen molar-refractivity contribution in [3.05, 3.63) is 11.1 Å². The molecule has 122 valence electrons. The number of aromatic nitrogens is 4. The topological polar surface area (TPSA) is 74.5 Å². The molecule has 5 rings (SSSR count). The maximum absolute atomic E-state index is 6.18. The Balaban J connectivity index is 1.71. The van der Waals surface area contributed by atoms with Gasteiger partial charge in [0, 0.05) is 19.6 Å². The van der Waals surface area contributed by atoms with Gasteiger partial charge in [-0.25, -0.2) is 4.98 Å². The normalized spacial score (nSPS) is 23.1. The third-order valence-corrected chi connectivity index (χ3v) is 4.80. The van der Waals surface area contributed by atoms with E-state index in [2.05, 4.69) is 19.4 Å². The van der Waals surface area contributed by atoms with Crippen molar-refractivity contribution in [2.24, 2.45) is 0 Å². The van der Waals surface area contributed by atoms with Crippen LogP contribution in [0, 0.1) is 0 Å². The van der Waals surface area contributed by atoms with Gasteiger partial charge in [-0.05, 0) is 11.6 Å². The fourth-order valence-corrected chi connectivity index (χ4v) is 3.57. The van der Waals surface area contributed by atoms with Crippen molar-refractivity contribution in [3.63, 3.8) is 0 Å². The van der Waals surface area contributed by atoms with Crippen LogP contribution >= 0.6 is 11.6 Å². The lowest BCUT2D eigenvalue weighted by atomic mass is 10.00. The smallest absolute Gasteiger partial charge is 0.226 e. The minimum Gasteiger partial charge on any atom is -0.378 e. The summed E-state index contributed by atoms with van der Waals surface area (Å²) in [6, 6.07) is 0. The van der Waals surface area contributed by atoms with Gasteiger partial charge in [0.15, 0.2) is 22.6 Å². The Labute approximate surface area is 137 Å². The average molecular weight is 338 g/mol. The van der Waals surface area contributed by atoms with E-state index in [9.17, 15) is 0 Å². The molecule has 0 saturated carbocycles. The number of hydrogen-bond acceptors (Lipinski definition) is 7. The zero-order valence-corrected chi connectivity index (χ0v) is 13.3. The number of ether oxygens (including phenoxy) is 3. The van der Waals surface area contributed by atoms with Crippen LogP contribution in [0.1, 0.15) is 5.82 Å². The summed E-state index contributed by atoms with van der Waals surface area (Å²) in [4.78, 5) is 15.9. The van der Waals surface area contributed by atoms with Gasteiger partial charge in [0.05, 0.1) is 33.0 Å². The van der Waals surface area contributed by atoms with E-state index in [1.54, 1.807) is 0 Å². The molecule has 0 atom stereocenters. The second-order valence-electron chi connectivity index (χ2n) is 6.01. The molecular weight excluding hydrogens is 322 g/mol. The molecule has 0 bridgehead atoms. The first-order chi connectivity index (χ1) is 11.3. The fourth-order valence-electron chi connectivity index (χ4n) is 3.41. The predicted molar refractivity (Wildman–Crippen MR) is 81.8 cm³/mol. The second kappa shape index (κ2) is 5.01. The molecule has 0 amide bonds. The van der Waals surface area contributed by atoms with E-state index >= 15 is 0 Å². The van der Waals surface area contributed by atoms with Crippen molar-refractivity contribution in [1.82, 2.24) is 19.5 Å². The molecule has 5 heterocycles. The van der Waals surface area contributed by atoms with Crippen molar-refractivity contribution in [1.29, 1.82) is 0 Å². The molecule has 2 aromatic heterocycles. The van der Waals surface area contributed by atoms with Gasteiger partial charge in [-0.2, -0.15) is 9.97 Å². The van der Waals surface area contributed by atoms with Gasteiger partial charge in [0.2, 0.25) is 5.28 Å². The summed E-state index contributed by atoms with van der Waals surface area (Å²) in [5.41, 5.74) is 1.12. The Morgan fingerprint density at radius 1 is 0.957 bits per heavy atom. The van der Waals surface area contributed by atoms with E-state index in [1.165, 1.54) is 0 Å². The summed E-state index contributed by atoms with van der Waals surface area (Å²) in [5, 5.41) is 0.243. The Bertz CT molecular complexity index is 769. The van der Waals surface area contributed by atoms with Crippen LogP contribution in [0.25, 0.3) is 11.2 Å². The molecule has 0 N–H and O–H groups in total. The van der Waals surface area contributed by atoms with Crippen LogP contribution in [0.4, 0.5) is 5.82 Å². The highest BCUT2D eigenvalue weighted by Crippen LogP contribution is 2.39. The maximum Gasteiger partial charge on any atom is 0.226 e. The number of halogens is 1. The molecule has 1 spiro atoms. The molecule has 0 unspecified atom stereocenters. The molecular formula is C14H16ClN5O3. The minimum absolute atomic E-state index is 0.243. The van der Waals surface area contributed by atoms with E-state index in [-0.39, 0.29) is 5.28 Å². The van der Waals surface area contributed by atoms with Crippen LogP contribution in [0.5, 0.6) is 0 Å². The van der Waals surface area contributed by atoms with Crippen LogP contribution in [-0.4, -0.2) is 65.6 Å². The molecule has 0 aromatic carbocycles. The van der Waals surface area contributed by atoms with Crippen LogP contribution in [0.15, 0.2) is 0 Å². The first-order valence-corrected chi connectivity index (χ1v) is 8.13. The lowest BCUT2D eigenvalue weighted by Crippen LogP contribution is -2.53. The van der Waals surface area contributed by atoms with Crippen molar-refractivity contribution in [3.8, 4) is 0 Å². The Morgan fingerprint density at radius 3 is 2.52 bits per heavy atom. The zero-order chi connectivity index (χ0) is 15.4. The maximum atomic E-state index is 6.18. The summed E-state index contributed by atoms with van der Waals surface area (Å²) < 4.78 is 18.8. The number of imidazole rings is 1. The Kier molecular flexibility index (Phi) is 3.03. The van der Waals surface area contributed by atoms with Crippen molar-refractivity contribution in [2.75, 3.05) is 51.0 Å². The predicted octanol–water partition coefficient (Wildman–Crippen LogP) is 0.572. The molecule has 3 aliphatic rings. The van der Waals surface area contributed by atoms with Gasteiger partial charge in [0.25, 0.3) is 0 Å². The fraction of sp³-hybridized carbons (Fsp3) is 0.643. The van der Waals surface area contributed by atoms with Crippen LogP contribution in [-0.2, 0) is 26.4 Å². The summed E-state index contributed by atoms with van der Waals surface area (Å²) in [6.45, 7) is 5.30.